The summed E-state index contributed by atoms with van der Waals surface area (Å²) in [7, 11) is 1.62. The van der Waals surface area contributed by atoms with Crippen molar-refractivity contribution in [2.45, 2.75) is 20.4 Å². The average molecular weight is 291 g/mol. The molecule has 3 heterocycles. The first kappa shape index (κ1) is 12.8. The van der Waals surface area contributed by atoms with Crippen LogP contribution in [-0.4, -0.2) is 24.3 Å². The molecule has 0 aromatic carbocycles. The molecule has 0 radical (unpaired) electrons. The molecule has 0 saturated carbocycles. The molecule has 104 valence electrons. The molecule has 0 bridgehead atoms. The van der Waals surface area contributed by atoms with Gasteiger partial charge in [-0.2, -0.15) is 5.10 Å². The summed E-state index contributed by atoms with van der Waals surface area (Å²) >= 11 is 1.48. The van der Waals surface area contributed by atoms with Gasteiger partial charge in [-0.25, -0.2) is 14.5 Å². The molecule has 0 amide bonds. The molecule has 0 aliphatic heterocycles. The monoisotopic (exact) mass is 291 g/mol. The summed E-state index contributed by atoms with van der Waals surface area (Å²) in [5, 5.41) is 4.58. The van der Waals surface area contributed by atoms with E-state index in [4.69, 9.17) is 0 Å². The topological polar surface area (TPSA) is 85.6 Å². The van der Waals surface area contributed by atoms with Crippen LogP contribution in [0.25, 0.3) is 10.2 Å². The van der Waals surface area contributed by atoms with Gasteiger partial charge in [0.1, 0.15) is 23.5 Å². The molecule has 0 aliphatic carbocycles. The third-order valence-corrected chi connectivity index (χ3v) is 4.38. The summed E-state index contributed by atoms with van der Waals surface area (Å²) in [5.74, 6) is 0.435. The lowest BCUT2D eigenvalue weighted by Crippen LogP contribution is -2.25. The van der Waals surface area contributed by atoms with Crippen molar-refractivity contribution >= 4 is 21.6 Å². The lowest BCUT2D eigenvalue weighted by Gasteiger charge is -2.00. The third kappa shape index (κ3) is 1.88. The molecule has 0 fully saturated rings. The molecular formula is C12H13N5O2S. The van der Waals surface area contributed by atoms with Crippen LogP contribution in [0.5, 0.6) is 0 Å². The maximum Gasteiger partial charge on any atom is 0.345 e. The van der Waals surface area contributed by atoms with E-state index < -0.39 is 0 Å². The standard InChI is InChI=1S/C12H13N5O2S/c1-6-7(2)20-11-9(6)10(18)14-8(15-11)4-17-12(19)16(3)5-13-17/h5H,4H2,1-3H3,(H,14,15,18). The number of nitrogens with zero attached hydrogens (tertiary/aromatic N) is 4. The summed E-state index contributed by atoms with van der Waals surface area (Å²) in [6, 6.07) is 0. The largest absolute Gasteiger partial charge is 0.345 e. The Labute approximate surface area is 117 Å². The number of fused-ring (bicyclic) bond motifs is 1. The van der Waals surface area contributed by atoms with Gasteiger partial charge in [-0.1, -0.05) is 0 Å². The van der Waals surface area contributed by atoms with E-state index in [1.54, 1.807) is 7.05 Å². The molecule has 7 nitrogen and oxygen atoms in total. The van der Waals surface area contributed by atoms with Gasteiger partial charge in [-0.15, -0.1) is 11.3 Å². The summed E-state index contributed by atoms with van der Waals surface area (Å²) in [6.45, 7) is 4.03. The maximum atomic E-state index is 12.1. The van der Waals surface area contributed by atoms with Gasteiger partial charge in [0.15, 0.2) is 0 Å². The molecule has 0 atom stereocenters. The van der Waals surface area contributed by atoms with Crippen LogP contribution in [0.2, 0.25) is 0 Å². The Hall–Kier alpha value is -2.22. The van der Waals surface area contributed by atoms with Crippen LogP contribution in [0.4, 0.5) is 0 Å². The molecule has 3 aromatic heterocycles. The normalized spacial score (nSPS) is 11.3. The molecule has 1 N–H and O–H groups in total. The van der Waals surface area contributed by atoms with Crippen molar-refractivity contribution < 1.29 is 0 Å². The fourth-order valence-corrected chi connectivity index (χ4v) is 3.09. The van der Waals surface area contributed by atoms with Crippen molar-refractivity contribution in [2.75, 3.05) is 0 Å². The fourth-order valence-electron chi connectivity index (χ4n) is 2.05. The van der Waals surface area contributed by atoms with Crippen molar-refractivity contribution in [3.05, 3.63) is 43.4 Å². The van der Waals surface area contributed by atoms with Crippen LogP contribution in [0, 0.1) is 13.8 Å². The van der Waals surface area contributed by atoms with Crippen molar-refractivity contribution in [3.63, 3.8) is 0 Å². The Morgan fingerprint density at radius 1 is 1.35 bits per heavy atom. The highest BCUT2D eigenvalue weighted by Gasteiger charge is 2.12. The predicted molar refractivity (Wildman–Crippen MR) is 76.3 cm³/mol. The Bertz CT molecular complexity index is 914. The third-order valence-electron chi connectivity index (χ3n) is 3.27. The Balaban J connectivity index is 2.12. The van der Waals surface area contributed by atoms with Gasteiger partial charge in [0.25, 0.3) is 5.56 Å². The van der Waals surface area contributed by atoms with Gasteiger partial charge in [-0.05, 0) is 19.4 Å². The minimum Gasteiger partial charge on any atom is -0.308 e. The summed E-state index contributed by atoms with van der Waals surface area (Å²) in [5.41, 5.74) is 0.544. The number of nitrogens with one attached hydrogen (secondary N) is 1. The smallest absolute Gasteiger partial charge is 0.308 e. The van der Waals surface area contributed by atoms with Gasteiger partial charge in [0, 0.05) is 11.9 Å². The fraction of sp³-hybridized carbons (Fsp3) is 0.333. The minimum absolute atomic E-state index is 0.154. The summed E-state index contributed by atoms with van der Waals surface area (Å²) < 4.78 is 2.63. The number of hydrogen-bond acceptors (Lipinski definition) is 5. The molecule has 20 heavy (non-hydrogen) atoms. The van der Waals surface area contributed by atoms with E-state index in [0.29, 0.717) is 16.0 Å². The maximum absolute atomic E-state index is 12.1. The van der Waals surface area contributed by atoms with Crippen LogP contribution in [0.15, 0.2) is 15.9 Å². The number of aryl methyl sites for hydroxylation is 3. The number of H-pyrrole nitrogens is 1. The Morgan fingerprint density at radius 3 is 2.75 bits per heavy atom. The van der Waals surface area contributed by atoms with E-state index in [0.717, 1.165) is 10.4 Å². The number of thiophene rings is 1. The zero-order valence-corrected chi connectivity index (χ0v) is 12.1. The first-order chi connectivity index (χ1) is 9.47. The summed E-state index contributed by atoms with van der Waals surface area (Å²) in [4.78, 5) is 32.7. The van der Waals surface area contributed by atoms with Crippen LogP contribution >= 0.6 is 11.3 Å². The second kappa shape index (κ2) is 4.41. The second-order valence-corrected chi connectivity index (χ2v) is 5.86. The van der Waals surface area contributed by atoms with Gasteiger partial charge >= 0.3 is 5.69 Å². The zero-order chi connectivity index (χ0) is 14.4. The number of aromatic nitrogens is 5. The lowest BCUT2D eigenvalue weighted by atomic mass is 10.2. The van der Waals surface area contributed by atoms with Crippen LogP contribution < -0.4 is 11.2 Å². The SMILES string of the molecule is Cc1sc2nc(Cn3ncn(C)c3=O)[nH]c(=O)c2c1C. The lowest BCUT2D eigenvalue weighted by molar-refractivity contribution is 0.622. The van der Waals surface area contributed by atoms with E-state index in [2.05, 4.69) is 15.1 Å². The van der Waals surface area contributed by atoms with E-state index in [9.17, 15) is 9.59 Å². The van der Waals surface area contributed by atoms with Crippen LogP contribution in [0.1, 0.15) is 16.3 Å². The molecule has 8 heteroatoms. The van der Waals surface area contributed by atoms with Gasteiger partial charge in [0.05, 0.1) is 5.39 Å². The van der Waals surface area contributed by atoms with Crippen molar-refractivity contribution in [1.29, 1.82) is 0 Å². The molecular weight excluding hydrogens is 278 g/mol. The van der Waals surface area contributed by atoms with Crippen molar-refractivity contribution in [3.8, 4) is 0 Å². The van der Waals surface area contributed by atoms with Gasteiger partial charge in [0.2, 0.25) is 0 Å². The number of rotatable bonds is 2. The van der Waals surface area contributed by atoms with Crippen LogP contribution in [0.3, 0.4) is 0 Å². The first-order valence-electron chi connectivity index (χ1n) is 6.04. The van der Waals surface area contributed by atoms with Gasteiger partial charge < -0.3 is 4.98 Å². The van der Waals surface area contributed by atoms with E-state index in [1.807, 2.05) is 13.8 Å². The highest BCUT2D eigenvalue weighted by molar-refractivity contribution is 7.18. The second-order valence-electron chi connectivity index (χ2n) is 4.66. The van der Waals surface area contributed by atoms with E-state index in [1.165, 1.54) is 26.9 Å². The quantitative estimate of drug-likeness (QED) is 0.747. The van der Waals surface area contributed by atoms with Crippen molar-refractivity contribution in [2.24, 2.45) is 7.05 Å². The van der Waals surface area contributed by atoms with E-state index in [-0.39, 0.29) is 17.8 Å². The Kier molecular flexibility index (Phi) is 2.82. The Morgan fingerprint density at radius 2 is 2.10 bits per heavy atom. The minimum atomic E-state index is -0.244. The van der Waals surface area contributed by atoms with E-state index >= 15 is 0 Å². The molecule has 3 rings (SSSR count). The average Bonchev–Trinajstić information content (AvgIpc) is 2.84. The molecule has 0 unspecified atom stereocenters. The molecule has 3 aromatic rings. The highest BCUT2D eigenvalue weighted by Crippen LogP contribution is 2.25. The van der Waals surface area contributed by atoms with Crippen LogP contribution in [-0.2, 0) is 13.6 Å². The molecule has 0 aliphatic rings. The van der Waals surface area contributed by atoms with Gasteiger partial charge in [-0.3, -0.25) is 9.36 Å². The highest BCUT2D eigenvalue weighted by atomic mass is 32.1. The predicted octanol–water partition coefficient (Wildman–Crippen LogP) is 0.545. The summed E-state index contributed by atoms with van der Waals surface area (Å²) in [6.07, 6.45) is 1.43. The number of hydrogen-bond donors (Lipinski definition) is 1. The zero-order valence-electron chi connectivity index (χ0n) is 11.3. The van der Waals surface area contributed by atoms with Crippen molar-refractivity contribution in [1.82, 2.24) is 24.3 Å². The molecule has 0 saturated heterocycles. The number of aromatic amines is 1. The molecule has 0 spiro atoms. The first-order valence-corrected chi connectivity index (χ1v) is 6.86.